The Kier molecular flexibility index (Phi) is 10.4. The van der Waals surface area contributed by atoms with E-state index in [1.165, 1.54) is 32.1 Å². The average Bonchev–Trinajstić information content (AvgIpc) is 2.98. The van der Waals surface area contributed by atoms with Crippen LogP contribution in [0, 0.1) is 5.92 Å². The van der Waals surface area contributed by atoms with E-state index in [9.17, 15) is 0 Å². The summed E-state index contributed by atoms with van der Waals surface area (Å²) < 4.78 is 0. The highest BCUT2D eigenvalue weighted by atomic mass is 35.5. The van der Waals surface area contributed by atoms with Gasteiger partial charge in [0.2, 0.25) is 0 Å². The molecule has 0 atom stereocenters. The van der Waals surface area contributed by atoms with Crippen molar-refractivity contribution in [1.82, 2.24) is 0 Å². The van der Waals surface area contributed by atoms with Gasteiger partial charge in [-0.1, -0.05) is 152 Å². The molecule has 4 aromatic rings. The van der Waals surface area contributed by atoms with E-state index in [-0.39, 0.29) is 0 Å². The third-order valence-electron chi connectivity index (χ3n) is 8.76. The minimum atomic E-state index is -0.782. The predicted octanol–water partition coefficient (Wildman–Crippen LogP) is 12.2. The van der Waals surface area contributed by atoms with Gasteiger partial charge in [-0.05, 0) is 82.8 Å². The van der Waals surface area contributed by atoms with E-state index in [1.807, 2.05) is 84.9 Å². The zero-order chi connectivity index (χ0) is 30.6. The van der Waals surface area contributed by atoms with Crippen molar-refractivity contribution in [2.24, 2.45) is 11.7 Å². The predicted molar refractivity (Wildman–Crippen MR) is 188 cm³/mol. The Balaban J connectivity index is 1.42. The van der Waals surface area contributed by atoms with E-state index in [4.69, 9.17) is 52.1 Å². The monoisotopic (exact) mass is 647 g/mol. The molecule has 1 aliphatic rings. The Morgan fingerprint density at radius 1 is 0.628 bits per heavy atom. The summed E-state index contributed by atoms with van der Waals surface area (Å²) in [5, 5.41) is 2.44. The summed E-state index contributed by atoms with van der Waals surface area (Å²) in [4.78, 5) is 0. The second-order valence-electron chi connectivity index (χ2n) is 11.8. The van der Waals surface area contributed by atoms with Crippen molar-refractivity contribution >= 4 is 46.4 Å². The lowest BCUT2D eigenvalue weighted by Gasteiger charge is -2.39. The van der Waals surface area contributed by atoms with Crippen LogP contribution in [-0.2, 0) is 12.8 Å². The molecule has 0 aromatic heterocycles. The number of rotatable bonds is 10. The van der Waals surface area contributed by atoms with Gasteiger partial charge in [-0.3, -0.25) is 0 Å². The highest BCUT2D eigenvalue weighted by molar-refractivity contribution is 6.40. The fourth-order valence-corrected chi connectivity index (χ4v) is 7.91. The lowest BCUT2D eigenvalue weighted by molar-refractivity contribution is 0.295. The normalized spacial score (nSPS) is 14.1. The summed E-state index contributed by atoms with van der Waals surface area (Å²) in [7, 11) is 0. The molecule has 0 aliphatic heterocycles. The van der Waals surface area contributed by atoms with Gasteiger partial charge in [-0.2, -0.15) is 0 Å². The summed E-state index contributed by atoms with van der Waals surface area (Å²) in [6, 6.07) is 27.8. The summed E-state index contributed by atoms with van der Waals surface area (Å²) in [5.74, 6) is 0.521. The van der Waals surface area contributed by atoms with E-state index >= 15 is 0 Å². The molecule has 1 nitrogen and oxygen atoms in total. The van der Waals surface area contributed by atoms with Gasteiger partial charge in [0.05, 0.1) is 25.6 Å². The molecule has 0 bridgehead atoms. The molecule has 43 heavy (non-hydrogen) atoms. The quantitative estimate of drug-likeness (QED) is 0.170. The number of hydrogen-bond acceptors (Lipinski definition) is 1. The van der Waals surface area contributed by atoms with E-state index in [0.29, 0.717) is 38.9 Å². The lowest BCUT2D eigenvalue weighted by atomic mass is 9.71. The Morgan fingerprint density at radius 2 is 1.00 bits per heavy atom. The first-order chi connectivity index (χ1) is 20.7. The standard InChI is InChI=1S/C38H37Cl4N/c1-25(18-28-20-32(39)36(33(40)21-28)30-14-8-4-9-15-30)38(43,24-27-12-6-3-7-13-27)26(2)19-29-22-34(41)37(35(42)23-29)31-16-10-5-11-17-31/h4-5,8-11,14-17,20-23,27H,1-3,6-7,12-13,18-19,24,43H2. The van der Waals surface area contributed by atoms with Crippen LogP contribution in [-0.4, -0.2) is 5.54 Å². The minimum Gasteiger partial charge on any atom is -0.318 e. The average molecular weight is 650 g/mol. The van der Waals surface area contributed by atoms with E-state index in [0.717, 1.165) is 50.9 Å². The summed E-state index contributed by atoms with van der Waals surface area (Å²) in [5.41, 5.74) is 14.0. The molecule has 1 fully saturated rings. The molecule has 5 heteroatoms. The van der Waals surface area contributed by atoms with Crippen LogP contribution in [0.3, 0.4) is 0 Å². The number of halogens is 4. The second-order valence-corrected chi connectivity index (χ2v) is 13.5. The van der Waals surface area contributed by atoms with Crippen LogP contribution in [0.1, 0.15) is 49.7 Å². The van der Waals surface area contributed by atoms with Crippen LogP contribution < -0.4 is 5.73 Å². The van der Waals surface area contributed by atoms with Crippen LogP contribution in [0.25, 0.3) is 22.3 Å². The van der Waals surface area contributed by atoms with Gasteiger partial charge >= 0.3 is 0 Å². The largest absolute Gasteiger partial charge is 0.318 e. The fourth-order valence-electron chi connectivity index (χ4n) is 6.41. The first kappa shape index (κ1) is 31.9. The molecule has 0 heterocycles. The third-order valence-corrected chi connectivity index (χ3v) is 9.95. The molecule has 1 saturated carbocycles. The first-order valence-electron chi connectivity index (χ1n) is 14.9. The van der Waals surface area contributed by atoms with Crippen molar-refractivity contribution in [2.45, 2.75) is 56.9 Å². The molecule has 4 aromatic carbocycles. The van der Waals surface area contributed by atoms with Crippen LogP contribution in [0.15, 0.2) is 109 Å². The number of benzene rings is 4. The number of hydrogen-bond donors (Lipinski definition) is 1. The summed E-state index contributed by atoms with van der Waals surface area (Å²) in [6.45, 7) is 9.11. The van der Waals surface area contributed by atoms with Crippen molar-refractivity contribution in [1.29, 1.82) is 0 Å². The summed E-state index contributed by atoms with van der Waals surface area (Å²) >= 11 is 27.2. The van der Waals surface area contributed by atoms with Gasteiger partial charge in [-0.25, -0.2) is 0 Å². The molecular formula is C38H37Cl4N. The van der Waals surface area contributed by atoms with Crippen molar-refractivity contribution in [3.63, 3.8) is 0 Å². The van der Waals surface area contributed by atoms with Crippen molar-refractivity contribution < 1.29 is 0 Å². The molecule has 0 spiro atoms. The maximum atomic E-state index is 7.37. The zero-order valence-electron chi connectivity index (χ0n) is 24.3. The number of nitrogens with two attached hydrogens (primary N) is 1. The topological polar surface area (TPSA) is 26.0 Å². The maximum Gasteiger partial charge on any atom is 0.0588 e. The highest BCUT2D eigenvalue weighted by Crippen LogP contribution is 2.41. The summed E-state index contributed by atoms with van der Waals surface area (Å²) in [6.07, 6.45) is 7.99. The Labute approximate surface area is 276 Å². The highest BCUT2D eigenvalue weighted by Gasteiger charge is 2.35. The smallest absolute Gasteiger partial charge is 0.0588 e. The SMILES string of the molecule is C=C(Cc1cc(Cl)c(-c2ccccc2)c(Cl)c1)C(N)(CC1CCCCC1)C(=C)Cc1cc(Cl)c(-c2ccccc2)c(Cl)c1. The van der Waals surface area contributed by atoms with Crippen molar-refractivity contribution in [2.75, 3.05) is 0 Å². The molecule has 0 saturated heterocycles. The third kappa shape index (κ3) is 7.42. The Bertz CT molecular complexity index is 1450. The zero-order valence-corrected chi connectivity index (χ0v) is 27.3. The molecule has 0 radical (unpaired) electrons. The van der Waals surface area contributed by atoms with Crippen LogP contribution in [0.4, 0.5) is 0 Å². The van der Waals surface area contributed by atoms with Crippen molar-refractivity contribution in [3.8, 4) is 22.3 Å². The van der Waals surface area contributed by atoms with Gasteiger partial charge in [-0.15, -0.1) is 0 Å². The fraction of sp³-hybridized carbons (Fsp3) is 0.263. The van der Waals surface area contributed by atoms with Gasteiger partial charge in [0, 0.05) is 11.1 Å². The van der Waals surface area contributed by atoms with Crippen LogP contribution in [0.2, 0.25) is 20.1 Å². The van der Waals surface area contributed by atoms with Gasteiger partial charge in [0.1, 0.15) is 0 Å². The van der Waals surface area contributed by atoms with Gasteiger partial charge < -0.3 is 5.73 Å². The molecular weight excluding hydrogens is 612 g/mol. The van der Waals surface area contributed by atoms with E-state index < -0.39 is 5.54 Å². The molecule has 0 unspecified atom stereocenters. The molecule has 2 N–H and O–H groups in total. The second kappa shape index (κ2) is 14.1. The van der Waals surface area contributed by atoms with Crippen LogP contribution in [0.5, 0.6) is 0 Å². The Morgan fingerprint density at radius 3 is 1.37 bits per heavy atom. The van der Waals surface area contributed by atoms with E-state index in [1.54, 1.807) is 0 Å². The molecule has 5 rings (SSSR count). The molecule has 1 aliphatic carbocycles. The molecule has 0 amide bonds. The minimum absolute atomic E-state index is 0.521. The Hall–Kier alpha value is -2.52. The maximum absolute atomic E-state index is 7.37. The van der Waals surface area contributed by atoms with E-state index in [2.05, 4.69) is 13.2 Å². The van der Waals surface area contributed by atoms with Gasteiger partial charge in [0.15, 0.2) is 0 Å². The molecule has 222 valence electrons. The lowest BCUT2D eigenvalue weighted by Crippen LogP contribution is -2.46. The first-order valence-corrected chi connectivity index (χ1v) is 16.4. The van der Waals surface area contributed by atoms with Gasteiger partial charge in [0.25, 0.3) is 0 Å². The van der Waals surface area contributed by atoms with Crippen LogP contribution >= 0.6 is 46.4 Å². The van der Waals surface area contributed by atoms with Crippen molar-refractivity contribution in [3.05, 3.63) is 140 Å².